The Kier molecular flexibility index (Phi) is 3.17. The lowest BCUT2D eigenvalue weighted by Crippen LogP contribution is -2.21. The molecule has 1 saturated heterocycles. The van der Waals surface area contributed by atoms with Crippen LogP contribution >= 0.6 is 11.6 Å². The molecule has 15 heavy (non-hydrogen) atoms. The fraction of sp³-hybridized carbons (Fsp3) is 0.500. The van der Waals surface area contributed by atoms with Gasteiger partial charge >= 0.3 is 0 Å². The van der Waals surface area contributed by atoms with Crippen LogP contribution in [0.3, 0.4) is 0 Å². The largest absolute Gasteiger partial charge is 0.396 e. The summed E-state index contributed by atoms with van der Waals surface area (Å²) in [4.78, 5) is 2.28. The summed E-state index contributed by atoms with van der Waals surface area (Å²) in [6.45, 7) is 4.27. The average molecular weight is 226 g/mol. The van der Waals surface area contributed by atoms with Crippen molar-refractivity contribution in [1.29, 1.82) is 0 Å². The molecule has 0 aliphatic carbocycles. The smallest absolute Gasteiger partial charge is 0.0642 e. The molecule has 1 aliphatic heterocycles. The lowest BCUT2D eigenvalue weighted by atomic mass is 10.1. The van der Waals surface area contributed by atoms with Crippen molar-refractivity contribution in [3.63, 3.8) is 0 Å². The van der Waals surface area contributed by atoms with Gasteiger partial charge in [0.2, 0.25) is 0 Å². The molecular formula is C12H16ClNO. The number of aryl methyl sites for hydroxylation is 1. The number of benzene rings is 1. The van der Waals surface area contributed by atoms with E-state index in [0.717, 1.165) is 30.2 Å². The number of para-hydroxylation sites is 1. The Morgan fingerprint density at radius 1 is 1.53 bits per heavy atom. The van der Waals surface area contributed by atoms with Crippen molar-refractivity contribution in [2.24, 2.45) is 5.92 Å². The van der Waals surface area contributed by atoms with Gasteiger partial charge in [-0.2, -0.15) is 0 Å². The van der Waals surface area contributed by atoms with Gasteiger partial charge in [-0.1, -0.05) is 23.7 Å². The highest BCUT2D eigenvalue weighted by Crippen LogP contribution is 2.33. The third-order valence-electron chi connectivity index (χ3n) is 3.05. The number of hydrogen-bond acceptors (Lipinski definition) is 2. The fourth-order valence-corrected chi connectivity index (χ4v) is 2.55. The lowest BCUT2D eigenvalue weighted by molar-refractivity contribution is 0.238. The predicted octanol–water partition coefficient (Wildman–Crippen LogP) is 2.47. The summed E-state index contributed by atoms with van der Waals surface area (Å²) in [6, 6.07) is 5.98. The lowest BCUT2D eigenvalue weighted by Gasteiger charge is -2.22. The standard InChI is InChI=1S/C12H16ClNO/c1-9-3-2-4-11(13)12(9)14-6-5-10(7-14)8-15/h2-4,10,15H,5-8H2,1H3. The molecule has 1 heterocycles. The number of aliphatic hydroxyl groups is 1. The van der Waals surface area contributed by atoms with E-state index in [1.165, 1.54) is 5.56 Å². The highest BCUT2D eigenvalue weighted by Gasteiger charge is 2.24. The molecule has 0 radical (unpaired) electrons. The Hall–Kier alpha value is -0.730. The van der Waals surface area contributed by atoms with E-state index in [9.17, 15) is 0 Å². The van der Waals surface area contributed by atoms with E-state index in [0.29, 0.717) is 5.92 Å². The van der Waals surface area contributed by atoms with E-state index < -0.39 is 0 Å². The minimum Gasteiger partial charge on any atom is -0.396 e. The highest BCUT2D eigenvalue weighted by molar-refractivity contribution is 6.33. The van der Waals surface area contributed by atoms with Gasteiger partial charge in [0, 0.05) is 25.6 Å². The first-order valence-electron chi connectivity index (χ1n) is 5.33. The van der Waals surface area contributed by atoms with Crippen molar-refractivity contribution in [2.45, 2.75) is 13.3 Å². The van der Waals surface area contributed by atoms with E-state index in [4.69, 9.17) is 16.7 Å². The Morgan fingerprint density at radius 3 is 2.93 bits per heavy atom. The van der Waals surface area contributed by atoms with Gasteiger partial charge in [0.1, 0.15) is 0 Å². The minimum absolute atomic E-state index is 0.278. The van der Waals surface area contributed by atoms with E-state index in [-0.39, 0.29) is 6.61 Å². The zero-order valence-corrected chi connectivity index (χ0v) is 9.67. The fourth-order valence-electron chi connectivity index (χ4n) is 2.21. The molecule has 0 saturated carbocycles. The molecule has 2 rings (SSSR count). The molecule has 0 amide bonds. The van der Waals surface area contributed by atoms with Gasteiger partial charge in [-0.25, -0.2) is 0 Å². The molecule has 82 valence electrons. The van der Waals surface area contributed by atoms with Crippen molar-refractivity contribution in [2.75, 3.05) is 24.6 Å². The van der Waals surface area contributed by atoms with E-state index in [2.05, 4.69) is 17.9 Å². The topological polar surface area (TPSA) is 23.5 Å². The number of halogens is 1. The van der Waals surface area contributed by atoms with Crippen molar-refractivity contribution >= 4 is 17.3 Å². The minimum atomic E-state index is 0.278. The first-order valence-corrected chi connectivity index (χ1v) is 5.71. The van der Waals surface area contributed by atoms with Gasteiger partial charge < -0.3 is 10.0 Å². The second-order valence-electron chi connectivity index (χ2n) is 4.19. The SMILES string of the molecule is Cc1cccc(Cl)c1N1CCC(CO)C1. The van der Waals surface area contributed by atoms with Crippen molar-refractivity contribution in [1.82, 2.24) is 0 Å². The van der Waals surface area contributed by atoms with Gasteiger partial charge in [-0.15, -0.1) is 0 Å². The van der Waals surface area contributed by atoms with Crippen LogP contribution in [-0.4, -0.2) is 24.8 Å². The monoisotopic (exact) mass is 225 g/mol. The van der Waals surface area contributed by atoms with Crippen LogP contribution in [0.2, 0.25) is 5.02 Å². The summed E-state index contributed by atoms with van der Waals surface area (Å²) in [6.07, 6.45) is 1.06. The third-order valence-corrected chi connectivity index (χ3v) is 3.35. The number of aliphatic hydroxyl groups excluding tert-OH is 1. The van der Waals surface area contributed by atoms with E-state index in [1.54, 1.807) is 0 Å². The van der Waals surface area contributed by atoms with Gasteiger partial charge in [0.25, 0.3) is 0 Å². The van der Waals surface area contributed by atoms with Crippen molar-refractivity contribution in [3.05, 3.63) is 28.8 Å². The molecule has 1 aliphatic rings. The average Bonchev–Trinajstić information content (AvgIpc) is 2.66. The summed E-state index contributed by atoms with van der Waals surface area (Å²) in [5.41, 5.74) is 2.34. The summed E-state index contributed by atoms with van der Waals surface area (Å²) in [5.74, 6) is 0.403. The molecule has 1 aromatic carbocycles. The van der Waals surface area contributed by atoms with Crippen molar-refractivity contribution in [3.8, 4) is 0 Å². The molecule has 1 N–H and O–H groups in total. The quantitative estimate of drug-likeness (QED) is 0.836. The van der Waals surface area contributed by atoms with Crippen LogP contribution in [0, 0.1) is 12.8 Å². The summed E-state index contributed by atoms with van der Waals surface area (Å²) in [5, 5.41) is 9.92. The molecule has 1 atom stereocenters. The van der Waals surface area contributed by atoms with E-state index >= 15 is 0 Å². The number of anilines is 1. The van der Waals surface area contributed by atoms with Gasteiger partial charge in [0.05, 0.1) is 10.7 Å². The van der Waals surface area contributed by atoms with Crippen molar-refractivity contribution < 1.29 is 5.11 Å². The van der Waals surface area contributed by atoms with Crippen LogP contribution in [0.1, 0.15) is 12.0 Å². The normalized spacial score (nSPS) is 21.0. The van der Waals surface area contributed by atoms with Crippen LogP contribution < -0.4 is 4.90 Å². The second-order valence-corrected chi connectivity index (χ2v) is 4.60. The molecule has 2 nitrogen and oxygen atoms in total. The Bertz CT molecular complexity index is 333. The Balaban J connectivity index is 2.23. The van der Waals surface area contributed by atoms with Gasteiger partial charge in [-0.05, 0) is 25.0 Å². The molecule has 1 fully saturated rings. The van der Waals surface area contributed by atoms with Gasteiger partial charge in [-0.3, -0.25) is 0 Å². The molecule has 1 aromatic rings. The molecule has 3 heteroatoms. The second kappa shape index (κ2) is 4.42. The molecule has 1 unspecified atom stereocenters. The summed E-state index contributed by atoms with van der Waals surface area (Å²) in [7, 11) is 0. The predicted molar refractivity (Wildman–Crippen MR) is 63.6 cm³/mol. The molecular weight excluding hydrogens is 210 g/mol. The highest BCUT2D eigenvalue weighted by atomic mass is 35.5. The maximum absolute atomic E-state index is 9.11. The zero-order chi connectivity index (χ0) is 10.8. The number of nitrogens with zero attached hydrogens (tertiary/aromatic N) is 1. The molecule has 0 bridgehead atoms. The van der Waals surface area contributed by atoms with E-state index in [1.807, 2.05) is 12.1 Å². The Labute approximate surface area is 95.5 Å². The number of hydrogen-bond donors (Lipinski definition) is 1. The van der Waals surface area contributed by atoms with Crippen LogP contribution in [0.5, 0.6) is 0 Å². The maximum atomic E-state index is 9.11. The maximum Gasteiger partial charge on any atom is 0.0642 e. The molecule has 0 aromatic heterocycles. The number of rotatable bonds is 2. The third kappa shape index (κ3) is 2.11. The summed E-state index contributed by atoms with van der Waals surface area (Å²) >= 11 is 6.20. The van der Waals surface area contributed by atoms with Crippen LogP contribution in [-0.2, 0) is 0 Å². The first-order chi connectivity index (χ1) is 7.22. The first kappa shape index (κ1) is 10.8. The van der Waals surface area contributed by atoms with Crippen LogP contribution in [0.4, 0.5) is 5.69 Å². The van der Waals surface area contributed by atoms with Crippen LogP contribution in [0.25, 0.3) is 0 Å². The Morgan fingerprint density at radius 2 is 2.33 bits per heavy atom. The summed E-state index contributed by atoms with van der Waals surface area (Å²) < 4.78 is 0. The zero-order valence-electron chi connectivity index (χ0n) is 8.91. The molecule has 0 spiro atoms. The van der Waals surface area contributed by atoms with Gasteiger partial charge in [0.15, 0.2) is 0 Å². The van der Waals surface area contributed by atoms with Crippen LogP contribution in [0.15, 0.2) is 18.2 Å².